The quantitative estimate of drug-likeness (QED) is 0.795. The maximum atomic E-state index is 11.0. The van der Waals surface area contributed by atoms with Crippen molar-refractivity contribution in [3.8, 4) is 0 Å². The number of benzene rings is 1. The molecule has 0 aliphatic rings. The maximum Gasteiger partial charge on any atom is 0.305 e. The SMILES string of the molecule is COC(=O)CCC(O)c1ccc(C)cc1C. The predicted octanol–water partition coefficient (Wildman–Crippen LogP) is 2.29. The molecule has 0 saturated heterocycles. The summed E-state index contributed by atoms with van der Waals surface area (Å²) in [6.07, 6.45) is 0.0429. The second-order valence-electron chi connectivity index (χ2n) is 3.99. The summed E-state index contributed by atoms with van der Waals surface area (Å²) in [6, 6.07) is 5.90. The van der Waals surface area contributed by atoms with Gasteiger partial charge in [0.15, 0.2) is 0 Å². The topological polar surface area (TPSA) is 46.5 Å². The summed E-state index contributed by atoms with van der Waals surface area (Å²) >= 11 is 0. The maximum absolute atomic E-state index is 11.0. The van der Waals surface area contributed by atoms with E-state index in [-0.39, 0.29) is 12.4 Å². The number of aliphatic hydroxyl groups is 1. The number of aryl methyl sites for hydroxylation is 2. The van der Waals surface area contributed by atoms with Gasteiger partial charge in [0.05, 0.1) is 13.2 Å². The number of esters is 1. The van der Waals surface area contributed by atoms with Gasteiger partial charge in [0.25, 0.3) is 0 Å². The highest BCUT2D eigenvalue weighted by atomic mass is 16.5. The van der Waals surface area contributed by atoms with Crippen molar-refractivity contribution in [2.24, 2.45) is 0 Å². The Kier molecular flexibility index (Phi) is 4.50. The van der Waals surface area contributed by atoms with Gasteiger partial charge < -0.3 is 9.84 Å². The standard InChI is InChI=1S/C13H18O3/c1-9-4-5-11(10(2)8-9)12(14)6-7-13(15)16-3/h4-5,8,12,14H,6-7H2,1-3H3. The average Bonchev–Trinajstić information content (AvgIpc) is 2.25. The van der Waals surface area contributed by atoms with Crippen LogP contribution < -0.4 is 0 Å². The molecular formula is C13H18O3. The van der Waals surface area contributed by atoms with Gasteiger partial charge in [-0.3, -0.25) is 4.79 Å². The van der Waals surface area contributed by atoms with E-state index in [1.807, 2.05) is 32.0 Å². The number of aliphatic hydroxyl groups excluding tert-OH is 1. The van der Waals surface area contributed by atoms with Crippen LogP contribution in [-0.2, 0) is 9.53 Å². The Morgan fingerprint density at radius 1 is 1.44 bits per heavy atom. The minimum atomic E-state index is -0.598. The lowest BCUT2D eigenvalue weighted by Gasteiger charge is -2.13. The number of rotatable bonds is 4. The van der Waals surface area contributed by atoms with Gasteiger partial charge in [-0.2, -0.15) is 0 Å². The Labute approximate surface area is 96.1 Å². The molecule has 3 heteroatoms. The van der Waals surface area contributed by atoms with Crippen LogP contribution in [0.15, 0.2) is 18.2 Å². The Morgan fingerprint density at radius 3 is 2.69 bits per heavy atom. The molecule has 16 heavy (non-hydrogen) atoms. The molecule has 3 nitrogen and oxygen atoms in total. The molecule has 1 unspecified atom stereocenters. The first kappa shape index (κ1) is 12.7. The molecule has 0 aromatic heterocycles. The molecule has 0 heterocycles. The fourth-order valence-corrected chi connectivity index (χ4v) is 1.71. The summed E-state index contributed by atoms with van der Waals surface area (Å²) < 4.78 is 4.54. The van der Waals surface area contributed by atoms with Gasteiger partial charge in [0, 0.05) is 6.42 Å². The highest BCUT2D eigenvalue weighted by Crippen LogP contribution is 2.22. The molecule has 0 aliphatic heterocycles. The van der Waals surface area contributed by atoms with Crippen LogP contribution in [0.1, 0.15) is 35.6 Å². The summed E-state index contributed by atoms with van der Waals surface area (Å²) in [5.41, 5.74) is 3.10. The summed E-state index contributed by atoms with van der Waals surface area (Å²) in [7, 11) is 1.35. The number of hydrogen-bond acceptors (Lipinski definition) is 3. The summed E-state index contributed by atoms with van der Waals surface area (Å²) in [5.74, 6) is -0.288. The van der Waals surface area contributed by atoms with Crippen molar-refractivity contribution in [1.29, 1.82) is 0 Å². The van der Waals surface area contributed by atoms with Gasteiger partial charge in [0.1, 0.15) is 0 Å². The van der Waals surface area contributed by atoms with E-state index in [0.29, 0.717) is 6.42 Å². The Balaban J connectivity index is 2.65. The summed E-state index contributed by atoms with van der Waals surface area (Å²) in [4.78, 5) is 11.0. The Morgan fingerprint density at radius 2 is 2.12 bits per heavy atom. The molecule has 1 N–H and O–H groups in total. The first-order valence-electron chi connectivity index (χ1n) is 5.36. The molecule has 1 atom stereocenters. The lowest BCUT2D eigenvalue weighted by molar-refractivity contribution is -0.141. The number of carbonyl (C=O) groups is 1. The van der Waals surface area contributed by atoms with E-state index in [1.165, 1.54) is 12.7 Å². The number of carbonyl (C=O) groups excluding carboxylic acids is 1. The van der Waals surface area contributed by atoms with Gasteiger partial charge in [0.2, 0.25) is 0 Å². The molecule has 1 aromatic carbocycles. The molecule has 1 aromatic rings. The van der Waals surface area contributed by atoms with Gasteiger partial charge in [-0.25, -0.2) is 0 Å². The summed E-state index contributed by atoms with van der Waals surface area (Å²) in [5, 5.41) is 9.93. The van der Waals surface area contributed by atoms with Crippen LogP contribution in [0.3, 0.4) is 0 Å². The van der Waals surface area contributed by atoms with Crippen LogP contribution in [0, 0.1) is 13.8 Å². The van der Waals surface area contributed by atoms with Crippen LogP contribution in [0.5, 0.6) is 0 Å². The Bertz CT molecular complexity index is 371. The van der Waals surface area contributed by atoms with Gasteiger partial charge in [-0.15, -0.1) is 0 Å². The molecule has 0 spiro atoms. The third-order valence-electron chi connectivity index (χ3n) is 2.63. The van der Waals surface area contributed by atoms with E-state index in [9.17, 15) is 9.90 Å². The highest BCUT2D eigenvalue weighted by Gasteiger charge is 2.12. The summed E-state index contributed by atoms with van der Waals surface area (Å²) in [6.45, 7) is 3.97. The van der Waals surface area contributed by atoms with Crippen LogP contribution in [0.25, 0.3) is 0 Å². The minimum Gasteiger partial charge on any atom is -0.469 e. The average molecular weight is 222 g/mol. The van der Waals surface area contributed by atoms with Gasteiger partial charge in [-0.1, -0.05) is 23.8 Å². The molecule has 88 valence electrons. The first-order chi connectivity index (χ1) is 7.54. The molecule has 0 saturated carbocycles. The van der Waals surface area contributed by atoms with E-state index in [2.05, 4.69) is 4.74 Å². The zero-order valence-electron chi connectivity index (χ0n) is 9.99. The van der Waals surface area contributed by atoms with Crippen molar-refractivity contribution in [2.45, 2.75) is 32.8 Å². The van der Waals surface area contributed by atoms with Crippen LogP contribution in [0.4, 0.5) is 0 Å². The molecule has 0 bridgehead atoms. The smallest absolute Gasteiger partial charge is 0.305 e. The highest BCUT2D eigenvalue weighted by molar-refractivity contribution is 5.69. The normalized spacial score (nSPS) is 12.2. The van der Waals surface area contributed by atoms with E-state index in [0.717, 1.165) is 11.1 Å². The number of hydrogen-bond donors (Lipinski definition) is 1. The van der Waals surface area contributed by atoms with Crippen LogP contribution in [0.2, 0.25) is 0 Å². The molecule has 0 fully saturated rings. The third-order valence-corrected chi connectivity index (χ3v) is 2.63. The first-order valence-corrected chi connectivity index (χ1v) is 5.36. The Hall–Kier alpha value is -1.35. The predicted molar refractivity (Wildman–Crippen MR) is 62.1 cm³/mol. The largest absolute Gasteiger partial charge is 0.469 e. The number of methoxy groups -OCH3 is 1. The zero-order valence-corrected chi connectivity index (χ0v) is 9.99. The molecule has 0 radical (unpaired) electrons. The fraction of sp³-hybridized carbons (Fsp3) is 0.462. The van der Waals surface area contributed by atoms with Crippen molar-refractivity contribution >= 4 is 5.97 Å². The van der Waals surface area contributed by atoms with Crippen LogP contribution >= 0.6 is 0 Å². The van der Waals surface area contributed by atoms with Crippen molar-refractivity contribution in [3.63, 3.8) is 0 Å². The fourth-order valence-electron chi connectivity index (χ4n) is 1.71. The van der Waals surface area contributed by atoms with Crippen LogP contribution in [-0.4, -0.2) is 18.2 Å². The molecule has 1 rings (SSSR count). The second kappa shape index (κ2) is 5.66. The van der Waals surface area contributed by atoms with Crippen molar-refractivity contribution < 1.29 is 14.6 Å². The lowest BCUT2D eigenvalue weighted by atomic mass is 9.98. The van der Waals surface area contributed by atoms with E-state index in [1.54, 1.807) is 0 Å². The monoisotopic (exact) mass is 222 g/mol. The van der Waals surface area contributed by atoms with E-state index >= 15 is 0 Å². The van der Waals surface area contributed by atoms with E-state index in [4.69, 9.17) is 0 Å². The third kappa shape index (κ3) is 3.35. The lowest BCUT2D eigenvalue weighted by Crippen LogP contribution is -2.06. The van der Waals surface area contributed by atoms with Gasteiger partial charge >= 0.3 is 5.97 Å². The molecular weight excluding hydrogens is 204 g/mol. The minimum absolute atomic E-state index is 0.241. The van der Waals surface area contributed by atoms with Gasteiger partial charge in [-0.05, 0) is 31.4 Å². The number of ether oxygens (including phenoxy) is 1. The molecule has 0 amide bonds. The second-order valence-corrected chi connectivity index (χ2v) is 3.99. The van der Waals surface area contributed by atoms with Crippen molar-refractivity contribution in [1.82, 2.24) is 0 Å². The van der Waals surface area contributed by atoms with Crippen molar-refractivity contribution in [2.75, 3.05) is 7.11 Å². The van der Waals surface area contributed by atoms with E-state index < -0.39 is 6.10 Å². The zero-order chi connectivity index (χ0) is 12.1. The molecule has 0 aliphatic carbocycles. The van der Waals surface area contributed by atoms with Crippen molar-refractivity contribution in [3.05, 3.63) is 34.9 Å².